The van der Waals surface area contributed by atoms with Gasteiger partial charge >= 0.3 is 6.03 Å². The molecule has 0 aliphatic rings. The third-order valence-corrected chi connectivity index (χ3v) is 6.09. The molecule has 0 fully saturated rings. The van der Waals surface area contributed by atoms with Crippen molar-refractivity contribution in [3.05, 3.63) is 53.1 Å². The van der Waals surface area contributed by atoms with E-state index in [0.29, 0.717) is 5.25 Å². The lowest BCUT2D eigenvalue weighted by Gasteiger charge is -2.20. The second-order valence-electron chi connectivity index (χ2n) is 7.41. The molecule has 0 bridgehead atoms. The summed E-state index contributed by atoms with van der Waals surface area (Å²) in [6.07, 6.45) is 1.11. The molecule has 0 heterocycles. The van der Waals surface area contributed by atoms with Crippen molar-refractivity contribution < 1.29 is 9.59 Å². The summed E-state index contributed by atoms with van der Waals surface area (Å²) in [5.74, 6) is -0.225. The zero-order valence-electron chi connectivity index (χ0n) is 18.1. The van der Waals surface area contributed by atoms with Gasteiger partial charge in [-0.1, -0.05) is 32.0 Å². The summed E-state index contributed by atoms with van der Waals surface area (Å²) in [6, 6.07) is 11.6. The summed E-state index contributed by atoms with van der Waals surface area (Å²) in [5, 5.41) is 6.35. The molecule has 1 unspecified atom stereocenters. The number of nitrogens with one attached hydrogen (secondary N) is 2. The average molecular weight is 414 g/mol. The number of benzene rings is 2. The fourth-order valence-corrected chi connectivity index (χ4v) is 3.88. The van der Waals surface area contributed by atoms with Gasteiger partial charge in [-0.3, -0.25) is 4.79 Å². The molecule has 2 N–H and O–H groups in total. The minimum absolute atomic E-state index is 0.0272. The monoisotopic (exact) mass is 413 g/mol. The fraction of sp³-hybridized carbons (Fsp3) is 0.391. The Bertz CT molecular complexity index is 862. The molecule has 6 heteroatoms. The quantitative estimate of drug-likeness (QED) is 0.580. The van der Waals surface area contributed by atoms with Crippen molar-refractivity contribution in [3.63, 3.8) is 0 Å². The van der Waals surface area contributed by atoms with E-state index in [9.17, 15) is 9.59 Å². The van der Waals surface area contributed by atoms with Gasteiger partial charge in [0.05, 0.1) is 0 Å². The number of hydrogen-bond donors (Lipinski definition) is 2. The maximum atomic E-state index is 12.5. The number of rotatable bonds is 7. The van der Waals surface area contributed by atoms with Crippen LogP contribution in [0.2, 0.25) is 0 Å². The van der Waals surface area contributed by atoms with Crippen molar-refractivity contribution >= 4 is 35.1 Å². The second-order valence-corrected chi connectivity index (χ2v) is 8.93. The summed E-state index contributed by atoms with van der Waals surface area (Å²) >= 11 is 1.83. The second kappa shape index (κ2) is 10.3. The molecular formula is C23H31N3O2S. The molecular weight excluding hydrogens is 382 g/mol. The number of thioether (sulfide) groups is 1. The average Bonchev–Trinajstić information content (AvgIpc) is 2.66. The molecule has 2 aromatic carbocycles. The molecule has 1 atom stereocenters. The van der Waals surface area contributed by atoms with Crippen molar-refractivity contribution in [2.24, 2.45) is 0 Å². The van der Waals surface area contributed by atoms with Gasteiger partial charge in [0, 0.05) is 28.6 Å². The van der Waals surface area contributed by atoms with Crippen molar-refractivity contribution in [1.29, 1.82) is 0 Å². The van der Waals surface area contributed by atoms with Crippen LogP contribution in [-0.4, -0.2) is 35.7 Å². The van der Waals surface area contributed by atoms with Crippen LogP contribution >= 0.6 is 11.8 Å². The normalized spacial score (nSPS) is 11.7. The zero-order chi connectivity index (χ0) is 21.6. The van der Waals surface area contributed by atoms with Crippen LogP contribution in [0.25, 0.3) is 0 Å². The van der Waals surface area contributed by atoms with E-state index in [1.807, 2.05) is 62.9 Å². The molecule has 0 spiro atoms. The van der Waals surface area contributed by atoms with Crippen LogP contribution in [-0.2, 0) is 4.79 Å². The van der Waals surface area contributed by atoms with Crippen LogP contribution in [0.3, 0.4) is 0 Å². The fourth-order valence-electron chi connectivity index (χ4n) is 2.85. The number of urea groups is 1. The number of likely N-dealkylation sites (N-methyl/N-ethyl adjacent to an activating group) is 1. The smallest absolute Gasteiger partial charge is 0.322 e. The van der Waals surface area contributed by atoms with E-state index in [-0.39, 0.29) is 18.5 Å². The molecule has 0 aromatic heterocycles. The van der Waals surface area contributed by atoms with E-state index in [2.05, 4.69) is 30.5 Å². The number of amides is 3. The first kappa shape index (κ1) is 22.8. The Balaban J connectivity index is 1.95. The number of anilines is 2. The first-order chi connectivity index (χ1) is 13.7. The zero-order valence-corrected chi connectivity index (χ0v) is 18.9. The van der Waals surface area contributed by atoms with Crippen LogP contribution in [0.1, 0.15) is 37.0 Å². The van der Waals surface area contributed by atoms with Crippen molar-refractivity contribution in [3.8, 4) is 0 Å². The van der Waals surface area contributed by atoms with Gasteiger partial charge in [-0.15, -0.1) is 11.8 Å². The van der Waals surface area contributed by atoms with Crippen molar-refractivity contribution in [1.82, 2.24) is 4.90 Å². The molecule has 0 saturated heterocycles. The molecule has 2 aromatic rings. The highest BCUT2D eigenvalue weighted by Crippen LogP contribution is 2.28. The topological polar surface area (TPSA) is 61.4 Å². The SMILES string of the molecule is CCC(C)Sc1ccc(NC(=O)N(C)CC(=O)Nc2c(C)cccc2C)c(C)c1. The third-order valence-electron chi connectivity index (χ3n) is 4.82. The van der Waals surface area contributed by atoms with Crippen LogP contribution in [0, 0.1) is 20.8 Å². The predicted molar refractivity (Wildman–Crippen MR) is 123 cm³/mol. The van der Waals surface area contributed by atoms with E-state index >= 15 is 0 Å². The van der Waals surface area contributed by atoms with Gasteiger partial charge in [0.1, 0.15) is 6.54 Å². The highest BCUT2D eigenvalue weighted by atomic mass is 32.2. The Morgan fingerprint density at radius 3 is 2.28 bits per heavy atom. The van der Waals surface area contributed by atoms with Crippen molar-refractivity contribution in [2.45, 2.75) is 51.2 Å². The number of carbonyl (C=O) groups is 2. The summed E-state index contributed by atoms with van der Waals surface area (Å²) in [7, 11) is 1.61. The molecule has 0 radical (unpaired) electrons. The number of hydrogen-bond acceptors (Lipinski definition) is 3. The minimum Gasteiger partial charge on any atom is -0.324 e. The minimum atomic E-state index is -0.313. The van der Waals surface area contributed by atoms with E-state index in [1.54, 1.807) is 7.05 Å². The lowest BCUT2D eigenvalue weighted by atomic mass is 10.1. The molecule has 0 aliphatic heterocycles. The Hall–Kier alpha value is -2.47. The predicted octanol–water partition coefficient (Wildman–Crippen LogP) is 5.60. The maximum Gasteiger partial charge on any atom is 0.322 e. The summed E-state index contributed by atoms with van der Waals surface area (Å²) in [6.45, 7) is 10.2. The Labute approximate surface area is 178 Å². The number of para-hydroxylation sites is 1. The Kier molecular flexibility index (Phi) is 8.14. The Morgan fingerprint density at radius 2 is 1.69 bits per heavy atom. The van der Waals surface area contributed by atoms with E-state index in [0.717, 1.165) is 34.5 Å². The van der Waals surface area contributed by atoms with Gasteiger partial charge in [0.2, 0.25) is 5.91 Å². The maximum absolute atomic E-state index is 12.5. The molecule has 29 heavy (non-hydrogen) atoms. The van der Waals surface area contributed by atoms with Crippen molar-refractivity contribution in [2.75, 3.05) is 24.2 Å². The number of aryl methyl sites for hydroxylation is 3. The van der Waals surface area contributed by atoms with E-state index < -0.39 is 0 Å². The molecule has 5 nitrogen and oxygen atoms in total. The van der Waals surface area contributed by atoms with Gasteiger partial charge in [-0.05, 0) is 62.1 Å². The largest absolute Gasteiger partial charge is 0.324 e. The molecule has 0 aliphatic carbocycles. The van der Waals surface area contributed by atoms with Crippen LogP contribution in [0.15, 0.2) is 41.3 Å². The van der Waals surface area contributed by atoms with Gasteiger partial charge in [0.15, 0.2) is 0 Å². The van der Waals surface area contributed by atoms with Crippen LogP contribution in [0.5, 0.6) is 0 Å². The van der Waals surface area contributed by atoms with Gasteiger partial charge < -0.3 is 15.5 Å². The first-order valence-electron chi connectivity index (χ1n) is 9.86. The highest BCUT2D eigenvalue weighted by molar-refractivity contribution is 7.99. The standard InChI is InChI=1S/C23H31N3O2S/c1-7-18(5)29-19-11-12-20(17(4)13-19)24-23(28)26(6)14-21(27)25-22-15(2)9-8-10-16(22)3/h8-13,18H,7,14H2,1-6H3,(H,24,28)(H,25,27). The van der Waals surface area contributed by atoms with Gasteiger partial charge in [0.25, 0.3) is 0 Å². The lowest BCUT2D eigenvalue weighted by molar-refractivity contribution is -0.116. The summed E-state index contributed by atoms with van der Waals surface area (Å²) in [5.41, 5.74) is 4.55. The van der Waals surface area contributed by atoms with E-state index in [4.69, 9.17) is 0 Å². The number of nitrogens with zero attached hydrogens (tertiary/aromatic N) is 1. The van der Waals surface area contributed by atoms with E-state index in [1.165, 1.54) is 9.80 Å². The first-order valence-corrected chi connectivity index (χ1v) is 10.7. The summed E-state index contributed by atoms with van der Waals surface area (Å²) < 4.78 is 0. The molecule has 2 rings (SSSR count). The third kappa shape index (κ3) is 6.53. The molecule has 0 saturated carbocycles. The van der Waals surface area contributed by atoms with Crippen LogP contribution < -0.4 is 10.6 Å². The molecule has 3 amide bonds. The molecule has 156 valence electrons. The Morgan fingerprint density at radius 1 is 1.03 bits per heavy atom. The van der Waals surface area contributed by atoms with Gasteiger partial charge in [-0.25, -0.2) is 4.79 Å². The summed E-state index contributed by atoms with van der Waals surface area (Å²) in [4.78, 5) is 27.5. The van der Waals surface area contributed by atoms with Gasteiger partial charge in [-0.2, -0.15) is 0 Å². The highest BCUT2D eigenvalue weighted by Gasteiger charge is 2.15. The van der Waals surface area contributed by atoms with Crippen LogP contribution in [0.4, 0.5) is 16.2 Å². The lowest BCUT2D eigenvalue weighted by Crippen LogP contribution is -2.38. The number of carbonyl (C=O) groups excluding carboxylic acids is 2.